The van der Waals surface area contributed by atoms with E-state index in [0.717, 1.165) is 0 Å². The van der Waals surface area contributed by atoms with Crippen molar-refractivity contribution >= 4 is 25.1 Å². The van der Waals surface area contributed by atoms with Gasteiger partial charge in [-0.1, -0.05) is 36.4 Å². The molecule has 0 saturated carbocycles. The zero-order valence-electron chi connectivity index (χ0n) is 10.1. The zero-order chi connectivity index (χ0) is 14.5. The molecule has 4 radical (unpaired) electrons. The van der Waals surface area contributed by atoms with E-state index in [1.54, 1.807) is 49.4 Å². The summed E-state index contributed by atoms with van der Waals surface area (Å²) in [7, 11) is 0. The minimum Gasteiger partial charge on any atom is -0.285 e. The number of rotatable bonds is 5. The van der Waals surface area contributed by atoms with Crippen molar-refractivity contribution in [2.24, 2.45) is 0 Å². The lowest BCUT2D eigenvalue weighted by molar-refractivity contribution is 0.558. The van der Waals surface area contributed by atoms with Gasteiger partial charge in [0.2, 0.25) is 25.1 Å². The van der Waals surface area contributed by atoms with Crippen LogP contribution in [-0.4, -0.2) is 25.1 Å². The standard InChI is InChI=1S/C16H6O4/c17-7-11-3-1-5-13(15(11)9-19)14-6-2-4-12(8-18)16(14)10-20/h1-6H. The summed E-state index contributed by atoms with van der Waals surface area (Å²) in [6, 6.07) is 9.01. The van der Waals surface area contributed by atoms with E-state index in [4.69, 9.17) is 0 Å². The second-order valence-corrected chi connectivity index (χ2v) is 3.86. The van der Waals surface area contributed by atoms with Crippen LogP contribution in [0, 0.1) is 0 Å². The number of carbonyl (C=O) groups excluding carboxylic acids is 4. The van der Waals surface area contributed by atoms with Gasteiger partial charge in [-0.3, -0.25) is 19.2 Å². The largest absolute Gasteiger partial charge is 0.285 e. The second-order valence-electron chi connectivity index (χ2n) is 3.86. The van der Waals surface area contributed by atoms with Crippen molar-refractivity contribution < 1.29 is 19.2 Å². The average molecular weight is 262 g/mol. The Hall–Kier alpha value is -2.88. The van der Waals surface area contributed by atoms with Crippen molar-refractivity contribution in [3.8, 4) is 11.1 Å². The lowest BCUT2D eigenvalue weighted by Gasteiger charge is -2.09. The van der Waals surface area contributed by atoms with Gasteiger partial charge < -0.3 is 0 Å². The van der Waals surface area contributed by atoms with E-state index in [1.165, 1.54) is 12.1 Å². The van der Waals surface area contributed by atoms with Gasteiger partial charge in [-0.25, -0.2) is 0 Å². The molecule has 0 bridgehead atoms. The molecule has 20 heavy (non-hydrogen) atoms. The molecule has 4 nitrogen and oxygen atoms in total. The summed E-state index contributed by atoms with van der Waals surface area (Å²) in [6.07, 6.45) is 6.59. The fourth-order valence-corrected chi connectivity index (χ4v) is 1.94. The van der Waals surface area contributed by atoms with Crippen LogP contribution in [0.5, 0.6) is 0 Å². The van der Waals surface area contributed by atoms with E-state index in [9.17, 15) is 19.2 Å². The van der Waals surface area contributed by atoms with Crippen LogP contribution in [0.3, 0.4) is 0 Å². The molecule has 2 aromatic carbocycles. The SMILES string of the molecule is O=[C]c1cccc(-c2cccc([C]=O)c2[C]=O)c1[C]=O. The zero-order valence-corrected chi connectivity index (χ0v) is 10.1. The molecule has 0 saturated heterocycles. The summed E-state index contributed by atoms with van der Waals surface area (Å²) in [5.41, 5.74) is 0.682. The van der Waals surface area contributed by atoms with Gasteiger partial charge in [-0.15, -0.1) is 0 Å². The minimum atomic E-state index is -0.0120. The van der Waals surface area contributed by atoms with Crippen LogP contribution >= 0.6 is 0 Å². The fraction of sp³-hybridized carbons (Fsp3) is 0. The molecule has 0 heterocycles. The van der Waals surface area contributed by atoms with Gasteiger partial charge in [0, 0.05) is 22.3 Å². The molecular weight excluding hydrogens is 256 g/mol. The predicted molar refractivity (Wildman–Crippen MR) is 71.1 cm³/mol. The highest BCUT2D eigenvalue weighted by molar-refractivity contribution is 6.03. The van der Waals surface area contributed by atoms with Gasteiger partial charge in [-0.05, 0) is 11.1 Å². The number of hydrogen-bond acceptors (Lipinski definition) is 4. The van der Waals surface area contributed by atoms with E-state index < -0.39 is 0 Å². The second kappa shape index (κ2) is 5.84. The molecule has 0 aliphatic carbocycles. The van der Waals surface area contributed by atoms with Crippen LogP contribution in [0.15, 0.2) is 36.4 Å². The quantitative estimate of drug-likeness (QED) is 0.811. The Morgan fingerprint density at radius 3 is 1.25 bits per heavy atom. The highest BCUT2D eigenvalue weighted by Crippen LogP contribution is 2.28. The monoisotopic (exact) mass is 262 g/mol. The summed E-state index contributed by atoms with van der Waals surface area (Å²) in [5, 5.41) is 0. The van der Waals surface area contributed by atoms with Gasteiger partial charge in [0.05, 0.1) is 0 Å². The highest BCUT2D eigenvalue weighted by atomic mass is 16.1. The van der Waals surface area contributed by atoms with Crippen LogP contribution in [0.4, 0.5) is 0 Å². The Morgan fingerprint density at radius 1 is 0.550 bits per heavy atom. The lowest BCUT2D eigenvalue weighted by Crippen LogP contribution is -2.00. The van der Waals surface area contributed by atoms with Crippen molar-refractivity contribution in [1.82, 2.24) is 0 Å². The Balaban J connectivity index is 2.81. The van der Waals surface area contributed by atoms with Gasteiger partial charge in [0.15, 0.2) is 0 Å². The van der Waals surface area contributed by atoms with E-state index in [0.29, 0.717) is 11.1 Å². The van der Waals surface area contributed by atoms with Crippen molar-refractivity contribution in [2.45, 2.75) is 0 Å². The summed E-state index contributed by atoms with van der Waals surface area (Å²) in [5.74, 6) is 0. The molecule has 0 aliphatic heterocycles. The third kappa shape index (κ3) is 2.19. The van der Waals surface area contributed by atoms with E-state index in [1.807, 2.05) is 0 Å². The Morgan fingerprint density at radius 2 is 0.950 bits per heavy atom. The molecule has 0 atom stereocenters. The maximum Gasteiger partial charge on any atom is 0.234 e. The van der Waals surface area contributed by atoms with Crippen molar-refractivity contribution in [3.05, 3.63) is 58.7 Å². The van der Waals surface area contributed by atoms with Crippen molar-refractivity contribution in [3.63, 3.8) is 0 Å². The Bertz CT molecular complexity index is 640. The van der Waals surface area contributed by atoms with Gasteiger partial charge in [0.25, 0.3) is 0 Å². The Labute approximate surface area is 115 Å². The molecule has 0 amide bonds. The van der Waals surface area contributed by atoms with E-state index in [-0.39, 0.29) is 22.3 Å². The molecular formula is C16H6O4. The van der Waals surface area contributed by atoms with Crippen molar-refractivity contribution in [2.75, 3.05) is 0 Å². The van der Waals surface area contributed by atoms with Crippen LogP contribution in [0.25, 0.3) is 11.1 Å². The summed E-state index contributed by atoms with van der Waals surface area (Å²) < 4.78 is 0. The molecule has 0 fully saturated rings. The third-order valence-corrected chi connectivity index (χ3v) is 2.84. The summed E-state index contributed by atoms with van der Waals surface area (Å²) in [4.78, 5) is 43.7. The molecule has 2 aromatic rings. The van der Waals surface area contributed by atoms with Crippen LogP contribution in [0.1, 0.15) is 22.3 Å². The molecule has 4 heteroatoms. The summed E-state index contributed by atoms with van der Waals surface area (Å²) >= 11 is 0. The van der Waals surface area contributed by atoms with Crippen LogP contribution in [-0.2, 0) is 19.2 Å². The third-order valence-electron chi connectivity index (χ3n) is 2.84. The first-order valence-electron chi connectivity index (χ1n) is 5.55. The minimum absolute atomic E-state index is 0.0120. The van der Waals surface area contributed by atoms with Crippen LogP contribution < -0.4 is 0 Å². The maximum absolute atomic E-state index is 11.1. The van der Waals surface area contributed by atoms with Crippen LogP contribution in [0.2, 0.25) is 0 Å². The molecule has 2 rings (SSSR count). The van der Waals surface area contributed by atoms with E-state index in [2.05, 4.69) is 0 Å². The van der Waals surface area contributed by atoms with Gasteiger partial charge >= 0.3 is 0 Å². The first-order valence-corrected chi connectivity index (χ1v) is 5.55. The fourth-order valence-electron chi connectivity index (χ4n) is 1.94. The first kappa shape index (κ1) is 13.5. The normalized spacial score (nSPS) is 9.80. The van der Waals surface area contributed by atoms with Gasteiger partial charge in [0.1, 0.15) is 0 Å². The molecule has 0 unspecified atom stereocenters. The topological polar surface area (TPSA) is 68.3 Å². The Kier molecular flexibility index (Phi) is 3.96. The molecule has 0 aliphatic rings. The lowest BCUT2D eigenvalue weighted by atomic mass is 9.91. The maximum atomic E-state index is 11.1. The molecule has 0 aromatic heterocycles. The predicted octanol–water partition coefficient (Wildman–Crippen LogP) is 1.18. The van der Waals surface area contributed by atoms with E-state index >= 15 is 0 Å². The summed E-state index contributed by atoms with van der Waals surface area (Å²) in [6.45, 7) is 0. The molecule has 94 valence electrons. The van der Waals surface area contributed by atoms with Crippen molar-refractivity contribution in [1.29, 1.82) is 0 Å². The first-order chi connectivity index (χ1) is 9.76. The average Bonchev–Trinajstić information content (AvgIpc) is 2.52. The number of benzene rings is 2. The molecule has 0 spiro atoms. The highest BCUT2D eigenvalue weighted by Gasteiger charge is 2.16. The smallest absolute Gasteiger partial charge is 0.234 e. The molecule has 0 N–H and O–H groups in total. The number of hydrogen-bond donors (Lipinski definition) is 0. The van der Waals surface area contributed by atoms with Gasteiger partial charge in [-0.2, -0.15) is 0 Å².